The van der Waals surface area contributed by atoms with E-state index in [1.54, 1.807) is 0 Å². The second-order valence-electron chi connectivity index (χ2n) is 5.21. The van der Waals surface area contributed by atoms with Gasteiger partial charge in [0.1, 0.15) is 0 Å². The van der Waals surface area contributed by atoms with E-state index in [0.29, 0.717) is 12.6 Å². The molecule has 2 aliphatic rings. The molecule has 1 saturated carbocycles. The van der Waals surface area contributed by atoms with E-state index >= 15 is 0 Å². The fourth-order valence-corrected chi connectivity index (χ4v) is 2.36. The second kappa shape index (κ2) is 5.04. The molecule has 0 spiro atoms. The van der Waals surface area contributed by atoms with Crippen molar-refractivity contribution < 1.29 is 10.0 Å². The molecule has 1 unspecified atom stereocenters. The van der Waals surface area contributed by atoms with Crippen LogP contribution in [-0.2, 0) is 4.79 Å². The van der Waals surface area contributed by atoms with Gasteiger partial charge in [-0.1, -0.05) is 12.1 Å². The lowest BCUT2D eigenvalue weighted by Crippen LogP contribution is -2.45. The van der Waals surface area contributed by atoms with E-state index in [4.69, 9.17) is 5.21 Å². The van der Waals surface area contributed by atoms with Gasteiger partial charge < -0.3 is 10.1 Å². The molecule has 1 atom stereocenters. The van der Waals surface area contributed by atoms with Gasteiger partial charge in [-0.25, -0.2) is 0 Å². The van der Waals surface area contributed by atoms with Crippen LogP contribution >= 0.6 is 0 Å². The topological polar surface area (TPSA) is 56.1 Å². The highest BCUT2D eigenvalue weighted by molar-refractivity contribution is 5.87. The Morgan fingerprint density at radius 2 is 2.29 bits per heavy atom. The lowest BCUT2D eigenvalue weighted by molar-refractivity contribution is -0.131. The third-order valence-corrected chi connectivity index (χ3v) is 3.76. The molecule has 1 aliphatic carbocycles. The first kappa shape index (κ1) is 12.4. The summed E-state index contributed by atoms with van der Waals surface area (Å²) >= 11 is 0. The van der Waals surface area contributed by atoms with Crippen molar-refractivity contribution in [1.82, 2.24) is 9.80 Å². The van der Waals surface area contributed by atoms with Gasteiger partial charge in [-0.3, -0.25) is 9.69 Å². The number of rotatable bonds is 3. The van der Waals surface area contributed by atoms with Crippen LogP contribution in [0.5, 0.6) is 0 Å². The molecule has 1 N–H and O–H groups in total. The van der Waals surface area contributed by atoms with Crippen molar-refractivity contribution in [1.29, 1.82) is 0 Å². The van der Waals surface area contributed by atoms with Crippen LogP contribution in [0.2, 0.25) is 0 Å². The summed E-state index contributed by atoms with van der Waals surface area (Å²) in [6.07, 6.45) is 3.07. The molecule has 1 saturated heterocycles. The van der Waals surface area contributed by atoms with Gasteiger partial charge in [0.05, 0.1) is 12.3 Å². The Morgan fingerprint density at radius 1 is 1.59 bits per heavy atom. The number of likely N-dealkylation sites (N-methyl/N-ethyl adjacent to an activating group) is 1. The first-order valence-corrected chi connectivity index (χ1v) is 6.30. The molecule has 0 aromatic heterocycles. The average molecular weight is 239 g/mol. The summed E-state index contributed by atoms with van der Waals surface area (Å²) in [6.45, 7) is 4.16. The Morgan fingerprint density at radius 3 is 2.82 bits per heavy atom. The van der Waals surface area contributed by atoms with Crippen molar-refractivity contribution in [2.75, 3.05) is 26.7 Å². The molecular weight excluding hydrogens is 218 g/mol. The van der Waals surface area contributed by atoms with Crippen molar-refractivity contribution in [2.24, 2.45) is 11.1 Å². The van der Waals surface area contributed by atoms with Crippen molar-refractivity contribution in [3.05, 3.63) is 0 Å². The SMILES string of the molecule is CC1CN(CC(=O)N(C)C2CC2)CCC1=NO. The Labute approximate surface area is 102 Å². The molecule has 5 nitrogen and oxygen atoms in total. The molecule has 96 valence electrons. The number of nitrogens with zero attached hydrogens (tertiary/aromatic N) is 3. The molecule has 17 heavy (non-hydrogen) atoms. The van der Waals surface area contributed by atoms with Crippen LogP contribution in [0.25, 0.3) is 0 Å². The van der Waals surface area contributed by atoms with Gasteiger partial charge in [0.2, 0.25) is 5.91 Å². The van der Waals surface area contributed by atoms with E-state index in [0.717, 1.165) is 38.1 Å². The molecule has 0 radical (unpaired) electrons. The molecule has 0 aromatic rings. The van der Waals surface area contributed by atoms with Gasteiger partial charge in [0.15, 0.2) is 0 Å². The minimum Gasteiger partial charge on any atom is -0.411 e. The van der Waals surface area contributed by atoms with Gasteiger partial charge in [0.25, 0.3) is 0 Å². The maximum Gasteiger partial charge on any atom is 0.236 e. The molecule has 1 amide bonds. The van der Waals surface area contributed by atoms with Crippen molar-refractivity contribution >= 4 is 11.6 Å². The van der Waals surface area contributed by atoms with Gasteiger partial charge in [-0.05, 0) is 12.8 Å². The summed E-state index contributed by atoms with van der Waals surface area (Å²) in [5, 5.41) is 12.1. The maximum atomic E-state index is 12.0. The molecular formula is C12H21N3O2. The summed E-state index contributed by atoms with van der Waals surface area (Å²) in [5.74, 6) is 0.455. The largest absolute Gasteiger partial charge is 0.411 e. The molecule has 2 rings (SSSR count). The molecule has 0 aromatic carbocycles. The smallest absolute Gasteiger partial charge is 0.236 e. The van der Waals surface area contributed by atoms with E-state index < -0.39 is 0 Å². The quantitative estimate of drug-likeness (QED) is 0.585. The predicted octanol–water partition coefficient (Wildman–Crippen LogP) is 0.779. The van der Waals surface area contributed by atoms with Crippen molar-refractivity contribution in [2.45, 2.75) is 32.2 Å². The first-order chi connectivity index (χ1) is 8.11. The number of carbonyl (C=O) groups is 1. The summed E-state index contributed by atoms with van der Waals surface area (Å²) in [6, 6.07) is 0.485. The molecule has 1 aliphatic heterocycles. The number of amides is 1. The van der Waals surface area contributed by atoms with E-state index in [1.807, 2.05) is 18.9 Å². The van der Waals surface area contributed by atoms with Gasteiger partial charge in [-0.2, -0.15) is 0 Å². The second-order valence-corrected chi connectivity index (χ2v) is 5.21. The summed E-state index contributed by atoms with van der Waals surface area (Å²) in [7, 11) is 1.90. The van der Waals surface area contributed by atoms with E-state index in [1.165, 1.54) is 0 Å². The minimum atomic E-state index is 0.212. The van der Waals surface area contributed by atoms with Crippen molar-refractivity contribution in [3.8, 4) is 0 Å². The van der Waals surface area contributed by atoms with Gasteiger partial charge in [0, 0.05) is 38.5 Å². The molecule has 5 heteroatoms. The summed E-state index contributed by atoms with van der Waals surface area (Å²) in [4.78, 5) is 16.0. The summed E-state index contributed by atoms with van der Waals surface area (Å²) < 4.78 is 0. The Balaban J connectivity index is 1.82. The monoisotopic (exact) mass is 239 g/mol. The number of hydrogen-bond acceptors (Lipinski definition) is 4. The Kier molecular flexibility index (Phi) is 3.66. The number of piperidine rings is 1. The highest BCUT2D eigenvalue weighted by Gasteiger charge is 2.31. The van der Waals surface area contributed by atoms with Crippen LogP contribution in [-0.4, -0.2) is 59.3 Å². The number of hydrogen-bond donors (Lipinski definition) is 1. The molecule has 1 heterocycles. The fraction of sp³-hybridized carbons (Fsp3) is 0.833. The lowest BCUT2D eigenvalue weighted by atomic mass is 9.98. The zero-order valence-electron chi connectivity index (χ0n) is 10.6. The zero-order valence-corrected chi connectivity index (χ0v) is 10.6. The minimum absolute atomic E-state index is 0.212. The lowest BCUT2D eigenvalue weighted by Gasteiger charge is -2.32. The standard InChI is InChI=1S/C12H21N3O2/c1-9-7-15(6-5-11(9)13-17)8-12(16)14(2)10-3-4-10/h9-10,17H,3-8H2,1-2H3. The van der Waals surface area contributed by atoms with E-state index in [9.17, 15) is 4.79 Å². The normalized spacial score (nSPS) is 28.4. The molecule has 0 bridgehead atoms. The summed E-state index contributed by atoms with van der Waals surface area (Å²) in [5.41, 5.74) is 0.851. The fourth-order valence-electron chi connectivity index (χ4n) is 2.36. The third-order valence-electron chi connectivity index (χ3n) is 3.76. The van der Waals surface area contributed by atoms with Crippen LogP contribution in [0.15, 0.2) is 5.16 Å². The molecule has 2 fully saturated rings. The van der Waals surface area contributed by atoms with Gasteiger partial charge >= 0.3 is 0 Å². The highest BCUT2D eigenvalue weighted by Crippen LogP contribution is 2.25. The number of oxime groups is 1. The van der Waals surface area contributed by atoms with Crippen molar-refractivity contribution in [3.63, 3.8) is 0 Å². The highest BCUT2D eigenvalue weighted by atomic mass is 16.4. The number of likely N-dealkylation sites (tertiary alicyclic amines) is 1. The van der Waals surface area contributed by atoms with Gasteiger partial charge in [-0.15, -0.1) is 0 Å². The van der Waals surface area contributed by atoms with E-state index in [2.05, 4.69) is 10.1 Å². The van der Waals surface area contributed by atoms with E-state index in [-0.39, 0.29) is 11.8 Å². The average Bonchev–Trinajstić information content (AvgIpc) is 3.12. The predicted molar refractivity (Wildman–Crippen MR) is 65.2 cm³/mol. The van der Waals surface area contributed by atoms with Crippen LogP contribution < -0.4 is 0 Å². The maximum absolute atomic E-state index is 12.0. The first-order valence-electron chi connectivity index (χ1n) is 6.30. The van der Waals surface area contributed by atoms with Crippen LogP contribution in [0.3, 0.4) is 0 Å². The van der Waals surface area contributed by atoms with Crippen LogP contribution in [0.1, 0.15) is 26.2 Å². The number of carbonyl (C=O) groups excluding carboxylic acids is 1. The Hall–Kier alpha value is -1.10. The third kappa shape index (κ3) is 2.97. The Bertz CT molecular complexity index is 326. The zero-order chi connectivity index (χ0) is 12.4. The van der Waals surface area contributed by atoms with Crippen LogP contribution in [0.4, 0.5) is 0 Å². The van der Waals surface area contributed by atoms with Crippen LogP contribution in [0, 0.1) is 5.92 Å².